The van der Waals surface area contributed by atoms with Gasteiger partial charge in [-0.1, -0.05) is 12.1 Å². The van der Waals surface area contributed by atoms with E-state index < -0.39 is 13.5 Å². The van der Waals surface area contributed by atoms with Gasteiger partial charge in [-0.15, -0.1) is 0 Å². The van der Waals surface area contributed by atoms with Crippen LogP contribution in [0, 0.1) is 5.82 Å². The molecular formula is C23H24FN2O6P. The molecule has 0 aliphatic carbocycles. The summed E-state index contributed by atoms with van der Waals surface area (Å²) in [5.41, 5.74) is 1.48. The summed E-state index contributed by atoms with van der Waals surface area (Å²) in [6.45, 7) is 4.13. The van der Waals surface area contributed by atoms with Crippen LogP contribution in [0.3, 0.4) is 0 Å². The van der Waals surface area contributed by atoms with E-state index in [9.17, 15) is 18.9 Å². The van der Waals surface area contributed by atoms with Crippen molar-refractivity contribution in [1.29, 1.82) is 0 Å². The molecule has 0 bridgehead atoms. The second-order valence-electron chi connectivity index (χ2n) is 7.44. The topological polar surface area (TPSA) is 98.2 Å². The Morgan fingerprint density at radius 3 is 2.52 bits per heavy atom. The lowest BCUT2D eigenvalue weighted by Gasteiger charge is -2.20. The molecule has 1 N–H and O–H groups in total. The fourth-order valence-corrected chi connectivity index (χ4v) is 5.17. The Morgan fingerprint density at radius 2 is 1.85 bits per heavy atom. The Morgan fingerprint density at radius 1 is 1.15 bits per heavy atom. The number of nitrogens with zero attached hydrogens (tertiary/aromatic N) is 2. The second-order valence-corrected chi connectivity index (χ2v) is 9.43. The van der Waals surface area contributed by atoms with Gasteiger partial charge < -0.3 is 23.8 Å². The van der Waals surface area contributed by atoms with Crippen molar-refractivity contribution >= 4 is 24.4 Å². The van der Waals surface area contributed by atoms with Crippen molar-refractivity contribution in [2.75, 3.05) is 19.6 Å². The quantitative estimate of drug-likeness (QED) is 0.443. The maximum absolute atomic E-state index is 13.3. The van der Waals surface area contributed by atoms with Gasteiger partial charge in [0.2, 0.25) is 0 Å². The van der Waals surface area contributed by atoms with Gasteiger partial charge >= 0.3 is 7.60 Å². The summed E-state index contributed by atoms with van der Waals surface area (Å²) in [5.74, 6) is -0.715. The normalized spacial score (nSPS) is 13.5. The van der Waals surface area contributed by atoms with Crippen molar-refractivity contribution in [1.82, 2.24) is 9.88 Å². The van der Waals surface area contributed by atoms with E-state index >= 15 is 0 Å². The summed E-state index contributed by atoms with van der Waals surface area (Å²) in [6, 6.07) is 9.23. The first-order valence-corrected chi connectivity index (χ1v) is 12.3. The van der Waals surface area contributed by atoms with Crippen LogP contribution in [0.25, 0.3) is 10.9 Å². The predicted molar refractivity (Wildman–Crippen MR) is 120 cm³/mol. The van der Waals surface area contributed by atoms with E-state index in [1.165, 1.54) is 23.2 Å². The first kappa shape index (κ1) is 23.2. The summed E-state index contributed by atoms with van der Waals surface area (Å²) in [7, 11) is -3.53. The van der Waals surface area contributed by atoms with E-state index in [0.29, 0.717) is 16.7 Å². The molecule has 0 atom stereocenters. The van der Waals surface area contributed by atoms with Crippen LogP contribution in [0.1, 0.15) is 35.3 Å². The Bertz CT molecular complexity index is 1220. The number of hydrogen-bond acceptors (Lipinski definition) is 7. The van der Waals surface area contributed by atoms with Gasteiger partial charge in [0.25, 0.3) is 5.91 Å². The van der Waals surface area contributed by atoms with E-state index in [4.69, 9.17) is 13.8 Å². The van der Waals surface area contributed by atoms with Crippen molar-refractivity contribution < 1.29 is 32.6 Å². The number of carbonyl (C=O) groups excluding carboxylic acids is 1. The molecule has 33 heavy (non-hydrogen) atoms. The molecule has 2 heterocycles. The average molecular weight is 474 g/mol. The molecule has 1 aliphatic heterocycles. The fourth-order valence-electron chi connectivity index (χ4n) is 3.87. The third kappa shape index (κ3) is 4.57. The summed E-state index contributed by atoms with van der Waals surface area (Å²) in [5, 5.41) is 11.3. The number of pyridine rings is 1. The summed E-state index contributed by atoms with van der Waals surface area (Å²) >= 11 is 0. The largest absolute Gasteiger partial charge is 0.505 e. The monoisotopic (exact) mass is 474 g/mol. The number of phenolic OH excluding ortho intramolecular Hbond substituents is 1. The zero-order chi connectivity index (χ0) is 23.6. The maximum atomic E-state index is 13.3. The number of phenols is 1. The van der Waals surface area contributed by atoms with Crippen LogP contribution in [0.2, 0.25) is 0 Å². The lowest BCUT2D eigenvalue weighted by molar-refractivity contribution is 0.0764. The number of ether oxygens (including phenoxy) is 1. The molecule has 3 aromatic rings. The minimum Gasteiger partial charge on any atom is -0.505 e. The molecule has 0 fully saturated rings. The van der Waals surface area contributed by atoms with Crippen LogP contribution >= 0.6 is 7.60 Å². The Kier molecular flexibility index (Phi) is 6.65. The highest BCUT2D eigenvalue weighted by Gasteiger charge is 2.36. The van der Waals surface area contributed by atoms with Gasteiger partial charge in [-0.2, -0.15) is 0 Å². The molecule has 1 aromatic heterocycles. The van der Waals surface area contributed by atoms with Crippen LogP contribution in [0.4, 0.5) is 4.39 Å². The van der Waals surface area contributed by atoms with Gasteiger partial charge in [-0.25, -0.2) is 4.39 Å². The zero-order valence-electron chi connectivity index (χ0n) is 18.3. The molecule has 10 heteroatoms. The highest BCUT2D eigenvalue weighted by molar-refractivity contribution is 7.53. The SMILES string of the molecule is CCOP(=O)(COc1c2c(c(O)c3ncccc13)C(=O)N(Cc1ccc(F)cc1)C2)OCC. The Balaban J connectivity index is 1.73. The molecule has 2 aromatic carbocycles. The highest BCUT2D eigenvalue weighted by atomic mass is 31.2. The number of benzene rings is 2. The number of fused-ring (bicyclic) bond motifs is 2. The first-order chi connectivity index (χ1) is 15.9. The highest BCUT2D eigenvalue weighted by Crippen LogP contribution is 2.50. The van der Waals surface area contributed by atoms with Crippen molar-refractivity contribution in [2.24, 2.45) is 0 Å². The molecule has 0 radical (unpaired) electrons. The first-order valence-electron chi connectivity index (χ1n) is 10.5. The molecule has 0 saturated carbocycles. The Hall–Kier alpha value is -3.00. The number of carbonyl (C=O) groups is 1. The van der Waals surface area contributed by atoms with E-state index in [2.05, 4.69) is 4.98 Å². The van der Waals surface area contributed by atoms with Gasteiger partial charge in [-0.05, 0) is 43.7 Å². The zero-order valence-corrected chi connectivity index (χ0v) is 19.2. The van der Waals surface area contributed by atoms with Crippen LogP contribution in [-0.2, 0) is 26.7 Å². The summed E-state index contributed by atoms with van der Waals surface area (Å²) in [4.78, 5) is 18.9. The Labute approximate surface area is 190 Å². The van der Waals surface area contributed by atoms with Gasteiger partial charge in [0.05, 0.1) is 25.3 Å². The summed E-state index contributed by atoms with van der Waals surface area (Å²) < 4.78 is 42.8. The van der Waals surface area contributed by atoms with Gasteiger partial charge in [0.15, 0.2) is 12.1 Å². The smallest absolute Gasteiger partial charge is 0.367 e. The predicted octanol–water partition coefficient (Wildman–Crippen LogP) is 4.84. The third-order valence-electron chi connectivity index (χ3n) is 5.24. The van der Waals surface area contributed by atoms with Crippen LogP contribution in [-0.4, -0.2) is 40.5 Å². The molecule has 1 amide bonds. The van der Waals surface area contributed by atoms with Crippen molar-refractivity contribution in [2.45, 2.75) is 26.9 Å². The van der Waals surface area contributed by atoms with Crippen LogP contribution < -0.4 is 4.74 Å². The lowest BCUT2D eigenvalue weighted by atomic mass is 10.0. The average Bonchev–Trinajstić information content (AvgIpc) is 3.11. The third-order valence-corrected chi connectivity index (χ3v) is 6.99. The van der Waals surface area contributed by atoms with Crippen LogP contribution in [0.5, 0.6) is 11.5 Å². The fraction of sp³-hybridized carbons (Fsp3) is 0.304. The van der Waals surface area contributed by atoms with Gasteiger partial charge in [0.1, 0.15) is 17.1 Å². The van der Waals surface area contributed by atoms with Crippen molar-refractivity contribution in [3.8, 4) is 11.5 Å². The van der Waals surface area contributed by atoms with Crippen LogP contribution in [0.15, 0.2) is 42.6 Å². The molecular weight excluding hydrogens is 450 g/mol. The maximum Gasteiger partial charge on any atom is 0.367 e. The molecule has 4 rings (SSSR count). The number of aromatic nitrogens is 1. The number of hydrogen-bond donors (Lipinski definition) is 1. The number of halogens is 1. The van der Waals surface area contributed by atoms with E-state index in [1.54, 1.807) is 38.1 Å². The van der Waals surface area contributed by atoms with Gasteiger partial charge in [-0.3, -0.25) is 14.3 Å². The molecule has 0 spiro atoms. The van der Waals surface area contributed by atoms with Gasteiger partial charge in [0, 0.05) is 23.7 Å². The molecule has 1 aliphatic rings. The standard InChI is InChI=1S/C23H24FN2O6P/c1-3-31-33(29,32-4-2)14-30-22-17-6-5-11-25-20(17)21(27)19-18(22)13-26(23(19)28)12-15-7-9-16(24)10-8-15/h5-11,27H,3-4,12-14H2,1-2H3. The number of rotatable bonds is 9. The van der Waals surface area contributed by atoms with E-state index in [1.807, 2.05) is 0 Å². The summed E-state index contributed by atoms with van der Waals surface area (Å²) in [6.07, 6.45) is 1.14. The molecule has 0 unspecified atom stereocenters. The lowest BCUT2D eigenvalue weighted by Crippen LogP contribution is -2.23. The molecule has 174 valence electrons. The van der Waals surface area contributed by atoms with E-state index in [-0.39, 0.29) is 55.3 Å². The number of aromatic hydroxyl groups is 1. The van der Waals surface area contributed by atoms with Crippen molar-refractivity contribution in [3.63, 3.8) is 0 Å². The number of amides is 1. The van der Waals surface area contributed by atoms with E-state index in [0.717, 1.165) is 5.56 Å². The minimum atomic E-state index is -3.53. The minimum absolute atomic E-state index is 0.0842. The molecule has 0 saturated heterocycles. The van der Waals surface area contributed by atoms with Crippen molar-refractivity contribution in [3.05, 3.63) is 65.1 Å². The molecule has 8 nitrogen and oxygen atoms in total. The second kappa shape index (κ2) is 9.47.